The molecule has 0 amide bonds. The van der Waals surface area contributed by atoms with Crippen LogP contribution in [0, 0.1) is 11.8 Å². The second kappa shape index (κ2) is 1.03. The molecule has 7 heavy (non-hydrogen) atoms. The Morgan fingerprint density at radius 2 is 2.14 bits per heavy atom. The monoisotopic (exact) mass is 98.1 g/mol. The molecule has 0 heterocycles. The highest BCUT2D eigenvalue weighted by Crippen LogP contribution is 2.51. The molecule has 0 aliphatic heterocycles. The molecule has 40 valence electrons. The quantitative estimate of drug-likeness (QED) is 0.474. The molecule has 1 nitrogen and oxygen atoms in total. The number of hydrogen-bond acceptors (Lipinski definition) is 1. The molecule has 2 fully saturated rings. The van der Waals surface area contributed by atoms with Gasteiger partial charge < -0.3 is 5.11 Å². The van der Waals surface area contributed by atoms with E-state index in [0.717, 1.165) is 18.3 Å². The lowest BCUT2D eigenvalue weighted by atomic mass is 10.2. The first kappa shape index (κ1) is 3.90. The van der Waals surface area contributed by atoms with Crippen LogP contribution in [0.3, 0.4) is 0 Å². The Balaban J connectivity index is 2.08. The zero-order chi connectivity index (χ0) is 4.85. The van der Waals surface area contributed by atoms with Gasteiger partial charge in [0.25, 0.3) is 0 Å². The van der Waals surface area contributed by atoms with Gasteiger partial charge in [0.05, 0.1) is 6.10 Å². The number of aliphatic hydroxyl groups is 1. The first-order chi connectivity index (χ1) is 3.38. The Morgan fingerprint density at radius 3 is 2.29 bits per heavy atom. The predicted octanol–water partition coefficient (Wildman–Crippen LogP) is 0.777. The molecular formula is C6H10O. The number of rotatable bonds is 0. The second-order valence-electron chi connectivity index (χ2n) is 2.80. The molecule has 0 aromatic rings. The minimum absolute atomic E-state index is 0.0880. The highest BCUT2D eigenvalue weighted by molar-refractivity contribution is 4.97. The fourth-order valence-corrected chi connectivity index (χ4v) is 1.67. The van der Waals surface area contributed by atoms with Gasteiger partial charge in [-0.2, -0.15) is 0 Å². The van der Waals surface area contributed by atoms with Crippen LogP contribution in [0.1, 0.15) is 19.3 Å². The molecule has 1 unspecified atom stereocenters. The third kappa shape index (κ3) is 0.418. The van der Waals surface area contributed by atoms with Crippen LogP contribution >= 0.6 is 0 Å². The zero-order valence-electron chi connectivity index (χ0n) is 4.30. The van der Waals surface area contributed by atoms with Crippen molar-refractivity contribution in [3.05, 3.63) is 0 Å². The van der Waals surface area contributed by atoms with Crippen LogP contribution in [0.15, 0.2) is 0 Å². The SMILES string of the molecule is O[C@@H]1CCC2C[C@@H]21. The van der Waals surface area contributed by atoms with Crippen LogP contribution in [0.25, 0.3) is 0 Å². The summed E-state index contributed by atoms with van der Waals surface area (Å²) >= 11 is 0. The van der Waals surface area contributed by atoms with Crippen molar-refractivity contribution in [2.45, 2.75) is 25.4 Å². The van der Waals surface area contributed by atoms with Crippen molar-refractivity contribution in [3.8, 4) is 0 Å². The molecule has 0 saturated heterocycles. The van der Waals surface area contributed by atoms with E-state index in [1.165, 1.54) is 12.8 Å². The number of fused-ring (bicyclic) bond motifs is 1. The average molecular weight is 98.1 g/mol. The summed E-state index contributed by atoms with van der Waals surface area (Å²) in [5.41, 5.74) is 0. The van der Waals surface area contributed by atoms with E-state index >= 15 is 0 Å². The molecule has 0 radical (unpaired) electrons. The Labute approximate surface area is 43.3 Å². The van der Waals surface area contributed by atoms with Crippen LogP contribution in [-0.4, -0.2) is 11.2 Å². The van der Waals surface area contributed by atoms with Gasteiger partial charge >= 0.3 is 0 Å². The van der Waals surface area contributed by atoms with Gasteiger partial charge in [0.1, 0.15) is 0 Å². The van der Waals surface area contributed by atoms with Crippen LogP contribution < -0.4 is 0 Å². The summed E-state index contributed by atoms with van der Waals surface area (Å²) in [4.78, 5) is 0. The van der Waals surface area contributed by atoms with Crippen LogP contribution in [0.5, 0.6) is 0 Å². The van der Waals surface area contributed by atoms with Gasteiger partial charge in [-0.25, -0.2) is 0 Å². The van der Waals surface area contributed by atoms with Gasteiger partial charge in [-0.3, -0.25) is 0 Å². The lowest BCUT2D eigenvalue weighted by Gasteiger charge is -1.97. The van der Waals surface area contributed by atoms with Crippen molar-refractivity contribution >= 4 is 0 Å². The highest BCUT2D eigenvalue weighted by Gasteiger charge is 2.47. The van der Waals surface area contributed by atoms with E-state index in [0.29, 0.717) is 0 Å². The Hall–Kier alpha value is -0.0400. The Bertz CT molecular complexity index is 90.2. The summed E-state index contributed by atoms with van der Waals surface area (Å²) in [5.74, 6) is 1.68. The van der Waals surface area contributed by atoms with Crippen molar-refractivity contribution < 1.29 is 5.11 Å². The maximum Gasteiger partial charge on any atom is 0.0571 e. The van der Waals surface area contributed by atoms with E-state index in [-0.39, 0.29) is 6.10 Å². The van der Waals surface area contributed by atoms with Gasteiger partial charge in [0.15, 0.2) is 0 Å². The van der Waals surface area contributed by atoms with E-state index < -0.39 is 0 Å². The molecule has 1 heteroatoms. The first-order valence-electron chi connectivity index (χ1n) is 3.06. The molecule has 2 aliphatic rings. The standard InChI is InChI=1S/C6H10O/c7-6-2-1-4-3-5(4)6/h4-7H,1-3H2/t4?,5-,6+/m0/s1. The summed E-state index contributed by atoms with van der Waals surface area (Å²) in [7, 11) is 0. The van der Waals surface area contributed by atoms with Gasteiger partial charge in [-0.1, -0.05) is 0 Å². The lowest BCUT2D eigenvalue weighted by molar-refractivity contribution is 0.159. The van der Waals surface area contributed by atoms with E-state index in [4.69, 9.17) is 5.11 Å². The third-order valence-electron chi connectivity index (χ3n) is 2.30. The minimum Gasteiger partial charge on any atom is -0.393 e. The van der Waals surface area contributed by atoms with Crippen LogP contribution in [0.4, 0.5) is 0 Å². The molecule has 3 atom stereocenters. The molecule has 0 aromatic heterocycles. The largest absolute Gasteiger partial charge is 0.393 e. The maximum atomic E-state index is 9.04. The highest BCUT2D eigenvalue weighted by atomic mass is 16.3. The van der Waals surface area contributed by atoms with Crippen molar-refractivity contribution in [3.63, 3.8) is 0 Å². The van der Waals surface area contributed by atoms with Gasteiger partial charge in [-0.05, 0) is 31.1 Å². The predicted molar refractivity (Wildman–Crippen MR) is 26.8 cm³/mol. The number of aliphatic hydroxyl groups excluding tert-OH is 1. The molecule has 2 rings (SSSR count). The molecule has 2 saturated carbocycles. The van der Waals surface area contributed by atoms with E-state index in [1.807, 2.05) is 0 Å². The molecule has 2 aliphatic carbocycles. The number of hydrogen-bond donors (Lipinski definition) is 1. The fourth-order valence-electron chi connectivity index (χ4n) is 1.67. The second-order valence-corrected chi connectivity index (χ2v) is 2.80. The van der Waals surface area contributed by atoms with Crippen molar-refractivity contribution in [2.24, 2.45) is 11.8 Å². The van der Waals surface area contributed by atoms with Gasteiger partial charge in [0, 0.05) is 0 Å². The Morgan fingerprint density at radius 1 is 1.29 bits per heavy atom. The topological polar surface area (TPSA) is 20.2 Å². The summed E-state index contributed by atoms with van der Waals surface area (Å²) in [6.45, 7) is 0. The van der Waals surface area contributed by atoms with Crippen LogP contribution in [-0.2, 0) is 0 Å². The van der Waals surface area contributed by atoms with Gasteiger partial charge in [0.2, 0.25) is 0 Å². The minimum atomic E-state index is 0.0880. The molecule has 1 N–H and O–H groups in total. The summed E-state index contributed by atoms with van der Waals surface area (Å²) in [5, 5.41) is 9.04. The Kier molecular flexibility index (Phi) is 0.571. The summed E-state index contributed by atoms with van der Waals surface area (Å²) in [6.07, 6.45) is 3.78. The summed E-state index contributed by atoms with van der Waals surface area (Å²) in [6, 6.07) is 0. The van der Waals surface area contributed by atoms with Crippen molar-refractivity contribution in [1.82, 2.24) is 0 Å². The van der Waals surface area contributed by atoms with Crippen molar-refractivity contribution in [1.29, 1.82) is 0 Å². The molecule has 0 aromatic carbocycles. The normalized spacial score (nSPS) is 57.0. The molecular weight excluding hydrogens is 88.1 g/mol. The summed E-state index contributed by atoms with van der Waals surface area (Å²) < 4.78 is 0. The van der Waals surface area contributed by atoms with E-state index in [1.54, 1.807) is 0 Å². The molecule has 0 bridgehead atoms. The van der Waals surface area contributed by atoms with Gasteiger partial charge in [-0.15, -0.1) is 0 Å². The van der Waals surface area contributed by atoms with E-state index in [2.05, 4.69) is 0 Å². The average Bonchev–Trinajstić information content (AvgIpc) is 2.33. The lowest BCUT2D eigenvalue weighted by Crippen LogP contribution is -2.02. The third-order valence-corrected chi connectivity index (χ3v) is 2.30. The zero-order valence-corrected chi connectivity index (χ0v) is 4.30. The fraction of sp³-hybridized carbons (Fsp3) is 1.00. The molecule has 0 spiro atoms. The van der Waals surface area contributed by atoms with E-state index in [9.17, 15) is 0 Å². The first-order valence-corrected chi connectivity index (χ1v) is 3.06. The van der Waals surface area contributed by atoms with Crippen molar-refractivity contribution in [2.75, 3.05) is 0 Å². The smallest absolute Gasteiger partial charge is 0.0571 e. The maximum absolute atomic E-state index is 9.04. The van der Waals surface area contributed by atoms with Crippen LogP contribution in [0.2, 0.25) is 0 Å².